The van der Waals surface area contributed by atoms with E-state index in [0.717, 1.165) is 6.42 Å². The van der Waals surface area contributed by atoms with E-state index in [1.165, 1.54) is 0 Å². The molecule has 0 spiro atoms. The molecule has 0 amide bonds. The minimum atomic E-state index is -2.21. The van der Waals surface area contributed by atoms with Crippen LogP contribution in [0.4, 0.5) is 0 Å². The second kappa shape index (κ2) is 3.89. The average Bonchev–Trinajstić information content (AvgIpc) is 1.65. The summed E-state index contributed by atoms with van der Waals surface area (Å²) >= 11 is 0. The molecular weight excluding hydrogens is 124 g/mol. The van der Waals surface area contributed by atoms with Crippen molar-refractivity contribution in [3.63, 3.8) is 0 Å². The van der Waals surface area contributed by atoms with Crippen LogP contribution >= 0.6 is 0 Å². The van der Waals surface area contributed by atoms with Crippen molar-refractivity contribution in [1.29, 1.82) is 0 Å². The lowest BCUT2D eigenvalue weighted by Gasteiger charge is -1.98. The first-order chi connectivity index (χ1) is 3.66. The molecule has 0 saturated carbocycles. The fraction of sp³-hybridized carbons (Fsp3) is 0.800. The normalized spacial score (nSPS) is 14.4. The van der Waals surface area contributed by atoms with E-state index in [2.05, 4.69) is 6.92 Å². The molecule has 1 radical (unpaired) electrons. The van der Waals surface area contributed by atoms with E-state index < -0.39 is 10.7 Å². The summed E-state index contributed by atoms with van der Waals surface area (Å²) in [6.45, 7) is 5.54. The predicted octanol–water partition coefficient (Wildman–Crippen LogP) is 0.458. The molecule has 0 aromatic carbocycles. The summed E-state index contributed by atoms with van der Waals surface area (Å²) in [6.07, 6.45) is 0.837. The van der Waals surface area contributed by atoms with Gasteiger partial charge in [-0.05, 0) is 12.8 Å². The molecule has 0 rings (SSSR count). The molecule has 0 saturated heterocycles. The van der Waals surface area contributed by atoms with E-state index in [0.29, 0.717) is 0 Å². The van der Waals surface area contributed by atoms with Gasteiger partial charge < -0.3 is 0 Å². The van der Waals surface area contributed by atoms with E-state index in [4.69, 9.17) is 0 Å². The molecule has 0 heterocycles. The molecular formula is C5H11O2S. The zero-order valence-electron chi connectivity index (χ0n) is 4.96. The summed E-state index contributed by atoms with van der Waals surface area (Å²) in [5, 5.41) is 0. The quantitative estimate of drug-likeness (QED) is 0.570. The summed E-state index contributed by atoms with van der Waals surface area (Å²) in [7, 11) is -2.21. The lowest BCUT2D eigenvalue weighted by molar-refractivity contribution is 0.597. The van der Waals surface area contributed by atoms with Gasteiger partial charge >= 0.3 is 0 Å². The highest BCUT2D eigenvalue weighted by molar-refractivity contribution is 7.72. The molecule has 0 aliphatic rings. The SMILES string of the molecule is [CH2]C(CC)C[SH](=O)=O. The molecule has 8 heavy (non-hydrogen) atoms. The topological polar surface area (TPSA) is 34.1 Å². The summed E-state index contributed by atoms with van der Waals surface area (Å²) in [4.78, 5) is 0. The van der Waals surface area contributed by atoms with Crippen molar-refractivity contribution in [3.05, 3.63) is 6.92 Å². The second-order valence-electron chi connectivity index (χ2n) is 1.79. The lowest BCUT2D eigenvalue weighted by atomic mass is 10.2. The molecule has 0 fully saturated rings. The van der Waals surface area contributed by atoms with Crippen molar-refractivity contribution in [1.82, 2.24) is 0 Å². The zero-order valence-corrected chi connectivity index (χ0v) is 5.86. The van der Waals surface area contributed by atoms with E-state index in [9.17, 15) is 8.42 Å². The minimum Gasteiger partial charge on any atom is -0.232 e. The van der Waals surface area contributed by atoms with Crippen LogP contribution in [0.25, 0.3) is 0 Å². The summed E-state index contributed by atoms with van der Waals surface area (Å²) in [5.41, 5.74) is 0. The number of hydrogen-bond acceptors (Lipinski definition) is 2. The van der Waals surface area contributed by atoms with Gasteiger partial charge in [-0.1, -0.05) is 13.3 Å². The van der Waals surface area contributed by atoms with Gasteiger partial charge in [0.05, 0.1) is 5.75 Å². The van der Waals surface area contributed by atoms with Crippen molar-refractivity contribution in [3.8, 4) is 0 Å². The molecule has 1 unspecified atom stereocenters. The van der Waals surface area contributed by atoms with Gasteiger partial charge in [0.1, 0.15) is 10.7 Å². The van der Waals surface area contributed by atoms with Gasteiger partial charge in [0.2, 0.25) is 0 Å². The molecule has 0 aromatic heterocycles. The third-order valence-electron chi connectivity index (χ3n) is 0.985. The molecule has 2 nitrogen and oxygen atoms in total. The summed E-state index contributed by atoms with van der Waals surface area (Å²) in [5.74, 6) is 0.308. The van der Waals surface area contributed by atoms with Crippen LogP contribution < -0.4 is 0 Å². The molecule has 0 bridgehead atoms. The van der Waals surface area contributed by atoms with Crippen LogP contribution in [0, 0.1) is 12.8 Å². The molecule has 49 valence electrons. The smallest absolute Gasteiger partial charge is 0.140 e. The fourth-order valence-electron chi connectivity index (χ4n) is 0.340. The van der Waals surface area contributed by atoms with Gasteiger partial charge in [-0.2, -0.15) is 0 Å². The van der Waals surface area contributed by atoms with Gasteiger partial charge in [-0.15, -0.1) is 0 Å². The van der Waals surface area contributed by atoms with E-state index in [-0.39, 0.29) is 11.7 Å². The van der Waals surface area contributed by atoms with E-state index in [1.807, 2.05) is 6.92 Å². The molecule has 0 aromatic rings. The number of rotatable bonds is 3. The van der Waals surface area contributed by atoms with Crippen molar-refractivity contribution in [2.45, 2.75) is 13.3 Å². The molecule has 3 heteroatoms. The van der Waals surface area contributed by atoms with Crippen LogP contribution in [0.2, 0.25) is 0 Å². The third kappa shape index (κ3) is 4.12. The Hall–Kier alpha value is -0.0500. The van der Waals surface area contributed by atoms with Crippen molar-refractivity contribution >= 4 is 10.7 Å². The second-order valence-corrected chi connectivity index (χ2v) is 2.82. The van der Waals surface area contributed by atoms with Crippen LogP contribution in [0.3, 0.4) is 0 Å². The highest BCUT2D eigenvalue weighted by Crippen LogP contribution is 1.97. The standard InChI is InChI=1S/C5H11O2S/c1-3-5(2)4-8(6)7/h5,8H,2-4H2,1H3. The summed E-state index contributed by atoms with van der Waals surface area (Å²) < 4.78 is 19.9. The Morgan fingerprint density at radius 2 is 2.12 bits per heavy atom. The van der Waals surface area contributed by atoms with Gasteiger partial charge in [-0.3, -0.25) is 0 Å². The lowest BCUT2D eigenvalue weighted by Crippen LogP contribution is -2.00. The third-order valence-corrected chi connectivity index (χ3v) is 1.80. The van der Waals surface area contributed by atoms with Crippen LogP contribution in [0.15, 0.2) is 0 Å². The van der Waals surface area contributed by atoms with Crippen molar-refractivity contribution in [2.75, 3.05) is 5.75 Å². The van der Waals surface area contributed by atoms with E-state index >= 15 is 0 Å². The van der Waals surface area contributed by atoms with Crippen LogP contribution in [-0.2, 0) is 10.7 Å². The maximum absolute atomic E-state index is 9.97. The molecule has 1 atom stereocenters. The highest BCUT2D eigenvalue weighted by Gasteiger charge is 1.97. The first-order valence-electron chi connectivity index (χ1n) is 2.61. The molecule has 0 aliphatic heterocycles. The van der Waals surface area contributed by atoms with Gasteiger partial charge in [0.15, 0.2) is 0 Å². The van der Waals surface area contributed by atoms with Crippen LogP contribution in [0.5, 0.6) is 0 Å². The summed E-state index contributed by atoms with van der Waals surface area (Å²) in [6, 6.07) is 0. The Labute approximate surface area is 51.9 Å². The zero-order chi connectivity index (χ0) is 6.57. The number of thiol groups is 1. The minimum absolute atomic E-state index is 0.0797. The van der Waals surface area contributed by atoms with Crippen LogP contribution in [0.1, 0.15) is 13.3 Å². The Bertz CT molecular complexity index is 110. The van der Waals surface area contributed by atoms with Crippen LogP contribution in [-0.4, -0.2) is 14.2 Å². The first-order valence-corrected chi connectivity index (χ1v) is 3.98. The fourth-order valence-corrected chi connectivity index (χ4v) is 1.02. The van der Waals surface area contributed by atoms with Gasteiger partial charge in [0.25, 0.3) is 0 Å². The Kier molecular flexibility index (Phi) is 3.87. The average molecular weight is 135 g/mol. The Morgan fingerprint density at radius 1 is 1.62 bits per heavy atom. The first kappa shape index (κ1) is 7.95. The monoisotopic (exact) mass is 135 g/mol. The van der Waals surface area contributed by atoms with Gasteiger partial charge in [-0.25, -0.2) is 8.42 Å². The Balaban J connectivity index is 3.39. The molecule has 0 aliphatic carbocycles. The van der Waals surface area contributed by atoms with Crippen molar-refractivity contribution in [2.24, 2.45) is 5.92 Å². The largest absolute Gasteiger partial charge is 0.232 e. The predicted molar refractivity (Wildman–Crippen MR) is 34.3 cm³/mol. The van der Waals surface area contributed by atoms with E-state index in [1.54, 1.807) is 0 Å². The van der Waals surface area contributed by atoms with Gasteiger partial charge in [0, 0.05) is 0 Å². The molecule has 0 N–H and O–H groups in total. The number of hydrogen-bond donors (Lipinski definition) is 1. The Morgan fingerprint density at radius 3 is 2.25 bits per heavy atom. The maximum Gasteiger partial charge on any atom is 0.140 e. The maximum atomic E-state index is 9.97. The highest BCUT2D eigenvalue weighted by atomic mass is 32.2. The van der Waals surface area contributed by atoms with Crippen molar-refractivity contribution < 1.29 is 8.42 Å².